The normalized spacial score (nSPS) is 19.2. The minimum absolute atomic E-state index is 0.00525. The van der Waals surface area contributed by atoms with E-state index in [2.05, 4.69) is 22.4 Å². The maximum Gasteiger partial charge on any atom is 0.317 e. The lowest BCUT2D eigenvalue weighted by atomic mass is 9.91. The lowest BCUT2D eigenvalue weighted by molar-refractivity contribution is 0.162. The molecule has 7 heteroatoms. The van der Waals surface area contributed by atoms with Gasteiger partial charge in [-0.2, -0.15) is 0 Å². The number of carbonyl (C=O) groups excluding carboxylic acids is 1. The van der Waals surface area contributed by atoms with Gasteiger partial charge in [0, 0.05) is 64.7 Å². The third-order valence-corrected chi connectivity index (χ3v) is 7.08. The Morgan fingerprint density at radius 1 is 1.16 bits per heavy atom. The Morgan fingerprint density at radius 3 is 2.75 bits per heavy atom. The Balaban J connectivity index is 1.40. The van der Waals surface area contributed by atoms with Crippen LogP contribution in [-0.2, 0) is 4.74 Å². The number of H-pyrrole nitrogens is 1. The molecular formula is C25H27Cl2N3O2. The molecule has 32 heavy (non-hydrogen) atoms. The van der Waals surface area contributed by atoms with Gasteiger partial charge in [0.05, 0.1) is 6.61 Å². The lowest BCUT2D eigenvalue weighted by Gasteiger charge is -2.27. The van der Waals surface area contributed by atoms with Gasteiger partial charge in [0.25, 0.3) is 0 Å². The fourth-order valence-corrected chi connectivity index (χ4v) is 5.17. The highest BCUT2D eigenvalue weighted by atomic mass is 35.5. The van der Waals surface area contributed by atoms with Gasteiger partial charge in [-0.3, -0.25) is 0 Å². The topological polar surface area (TPSA) is 57.4 Å². The van der Waals surface area contributed by atoms with Crippen molar-refractivity contribution in [3.63, 3.8) is 0 Å². The fourth-order valence-electron chi connectivity index (χ4n) is 4.63. The van der Waals surface area contributed by atoms with Crippen molar-refractivity contribution in [2.24, 2.45) is 5.92 Å². The molecule has 5 nitrogen and oxygen atoms in total. The molecule has 5 rings (SSSR count). The predicted molar refractivity (Wildman–Crippen MR) is 129 cm³/mol. The second kappa shape index (κ2) is 9.34. The number of rotatable bonds is 7. The Kier molecular flexibility index (Phi) is 6.31. The van der Waals surface area contributed by atoms with Crippen molar-refractivity contribution in [1.29, 1.82) is 0 Å². The third kappa shape index (κ3) is 4.61. The maximum absolute atomic E-state index is 13.2. The first-order valence-electron chi connectivity index (χ1n) is 11.2. The van der Waals surface area contributed by atoms with Crippen LogP contribution in [-0.4, -0.2) is 48.3 Å². The maximum atomic E-state index is 13.2. The summed E-state index contributed by atoms with van der Waals surface area (Å²) in [4.78, 5) is 18.6. The summed E-state index contributed by atoms with van der Waals surface area (Å²) < 4.78 is 5.52. The molecule has 1 saturated heterocycles. The van der Waals surface area contributed by atoms with Crippen LogP contribution in [0, 0.1) is 5.92 Å². The predicted octanol–water partition coefficient (Wildman–Crippen LogP) is 5.82. The van der Waals surface area contributed by atoms with E-state index in [4.69, 9.17) is 27.9 Å². The number of benzene rings is 2. The number of nitrogens with zero attached hydrogens (tertiary/aromatic N) is 1. The monoisotopic (exact) mass is 471 g/mol. The van der Waals surface area contributed by atoms with Crippen molar-refractivity contribution in [1.82, 2.24) is 15.2 Å². The molecule has 1 aliphatic heterocycles. The molecule has 3 aromatic rings. The summed E-state index contributed by atoms with van der Waals surface area (Å²) >= 11 is 12.8. The van der Waals surface area contributed by atoms with Crippen molar-refractivity contribution in [2.45, 2.75) is 31.2 Å². The number of urea groups is 1. The van der Waals surface area contributed by atoms with E-state index in [1.807, 2.05) is 35.4 Å². The second-order valence-corrected chi connectivity index (χ2v) is 9.65. The first-order valence-corrected chi connectivity index (χ1v) is 12.0. The zero-order valence-electron chi connectivity index (χ0n) is 17.8. The smallest absolute Gasteiger partial charge is 0.317 e. The molecule has 2 N–H and O–H groups in total. The van der Waals surface area contributed by atoms with Crippen LogP contribution in [0.15, 0.2) is 48.7 Å². The van der Waals surface area contributed by atoms with Crippen LogP contribution in [0.2, 0.25) is 10.0 Å². The first-order chi connectivity index (χ1) is 15.6. The summed E-state index contributed by atoms with van der Waals surface area (Å²) in [7, 11) is 0. The molecule has 2 unspecified atom stereocenters. The summed E-state index contributed by atoms with van der Waals surface area (Å²) in [5.41, 5.74) is 3.11. The Labute approximate surface area is 198 Å². The van der Waals surface area contributed by atoms with Gasteiger partial charge >= 0.3 is 6.03 Å². The summed E-state index contributed by atoms with van der Waals surface area (Å²) in [5, 5.41) is 5.53. The summed E-state index contributed by atoms with van der Waals surface area (Å²) in [6, 6.07) is 14.1. The van der Waals surface area contributed by atoms with E-state index in [0.29, 0.717) is 28.5 Å². The van der Waals surface area contributed by atoms with E-state index in [0.717, 1.165) is 61.1 Å². The molecule has 0 radical (unpaired) electrons. The van der Waals surface area contributed by atoms with E-state index in [1.54, 1.807) is 6.07 Å². The van der Waals surface area contributed by atoms with Crippen LogP contribution in [0.5, 0.6) is 0 Å². The van der Waals surface area contributed by atoms with Gasteiger partial charge in [-0.05, 0) is 48.6 Å². The summed E-state index contributed by atoms with van der Waals surface area (Å²) in [6.45, 7) is 2.75. The average molecular weight is 472 g/mol. The number of hydrogen-bond acceptors (Lipinski definition) is 2. The van der Waals surface area contributed by atoms with Crippen LogP contribution in [0.4, 0.5) is 4.79 Å². The standard InChI is InChI=1S/C25H27Cl2N3O2/c26-17-5-8-19(23(27)11-17)21(22-12-28-24-4-2-1-3-20(22)24)13-29-25(31)30(18-6-7-18)14-16-9-10-32-15-16/h1-5,8,11-12,16,18,21,28H,6-7,9-10,13-15H2,(H,29,31). The molecule has 2 amide bonds. The SMILES string of the molecule is O=C(NCC(c1ccc(Cl)cc1Cl)c1c[nH]c2ccccc12)N(CC1CCOC1)C1CC1. The largest absolute Gasteiger partial charge is 0.381 e. The molecule has 1 saturated carbocycles. The molecule has 2 aliphatic rings. The number of aromatic nitrogens is 1. The molecule has 2 fully saturated rings. The number of hydrogen-bond donors (Lipinski definition) is 2. The van der Waals surface area contributed by atoms with Crippen LogP contribution in [0.1, 0.15) is 36.3 Å². The molecule has 1 aliphatic carbocycles. The van der Waals surface area contributed by atoms with E-state index in [-0.39, 0.29) is 11.9 Å². The zero-order valence-corrected chi connectivity index (χ0v) is 19.3. The average Bonchev–Trinajstić information content (AvgIpc) is 3.32. The highest BCUT2D eigenvalue weighted by molar-refractivity contribution is 6.35. The van der Waals surface area contributed by atoms with E-state index >= 15 is 0 Å². The second-order valence-electron chi connectivity index (χ2n) is 8.81. The quantitative estimate of drug-likeness (QED) is 0.456. The number of halogens is 2. The molecule has 0 bridgehead atoms. The Bertz CT molecular complexity index is 1110. The molecule has 0 spiro atoms. The van der Waals surface area contributed by atoms with Gasteiger partial charge < -0.3 is 19.9 Å². The van der Waals surface area contributed by atoms with Gasteiger partial charge in [0.15, 0.2) is 0 Å². The first kappa shape index (κ1) is 21.6. The number of fused-ring (bicyclic) bond motifs is 1. The molecule has 168 valence electrons. The van der Waals surface area contributed by atoms with Crippen molar-refractivity contribution in [3.8, 4) is 0 Å². The van der Waals surface area contributed by atoms with Crippen molar-refractivity contribution >= 4 is 40.1 Å². The lowest BCUT2D eigenvalue weighted by Crippen LogP contribution is -2.45. The molecule has 2 aromatic carbocycles. The summed E-state index contributed by atoms with van der Waals surface area (Å²) in [6.07, 6.45) is 5.20. The van der Waals surface area contributed by atoms with Gasteiger partial charge in [-0.25, -0.2) is 4.79 Å². The van der Waals surface area contributed by atoms with E-state index in [9.17, 15) is 4.79 Å². The van der Waals surface area contributed by atoms with Crippen LogP contribution in [0.3, 0.4) is 0 Å². The highest BCUT2D eigenvalue weighted by Crippen LogP contribution is 2.36. The van der Waals surface area contributed by atoms with Crippen molar-refractivity contribution in [3.05, 3.63) is 69.8 Å². The molecule has 1 aromatic heterocycles. The number of carbonyl (C=O) groups is 1. The van der Waals surface area contributed by atoms with Crippen LogP contribution in [0.25, 0.3) is 10.9 Å². The van der Waals surface area contributed by atoms with Crippen molar-refractivity contribution < 1.29 is 9.53 Å². The van der Waals surface area contributed by atoms with Gasteiger partial charge in [0.2, 0.25) is 0 Å². The number of amides is 2. The zero-order chi connectivity index (χ0) is 22.1. The number of ether oxygens (including phenoxy) is 1. The Hall–Kier alpha value is -2.21. The highest BCUT2D eigenvalue weighted by Gasteiger charge is 2.35. The molecule has 2 atom stereocenters. The van der Waals surface area contributed by atoms with Gasteiger partial charge in [0.1, 0.15) is 0 Å². The van der Waals surface area contributed by atoms with Gasteiger partial charge in [-0.15, -0.1) is 0 Å². The molecular weight excluding hydrogens is 445 g/mol. The molecule has 2 heterocycles. The van der Waals surface area contributed by atoms with E-state index in [1.165, 1.54) is 0 Å². The van der Waals surface area contributed by atoms with Crippen LogP contribution < -0.4 is 5.32 Å². The van der Waals surface area contributed by atoms with Crippen LogP contribution >= 0.6 is 23.2 Å². The Morgan fingerprint density at radius 2 is 2.00 bits per heavy atom. The van der Waals surface area contributed by atoms with E-state index < -0.39 is 0 Å². The third-order valence-electron chi connectivity index (χ3n) is 6.52. The number of nitrogens with one attached hydrogen (secondary N) is 2. The number of para-hydroxylation sites is 1. The van der Waals surface area contributed by atoms with Gasteiger partial charge in [-0.1, -0.05) is 47.5 Å². The minimum Gasteiger partial charge on any atom is -0.381 e. The van der Waals surface area contributed by atoms with Crippen molar-refractivity contribution in [2.75, 3.05) is 26.3 Å². The fraction of sp³-hybridized carbons (Fsp3) is 0.400. The summed E-state index contributed by atoms with van der Waals surface area (Å²) in [5.74, 6) is 0.326. The minimum atomic E-state index is -0.101. The number of aromatic amines is 1.